The smallest absolute Gasteiger partial charge is 0.410 e. The Morgan fingerprint density at radius 3 is 2.44 bits per heavy atom. The van der Waals surface area contributed by atoms with Gasteiger partial charge in [-0.3, -0.25) is 0 Å². The van der Waals surface area contributed by atoms with Crippen LogP contribution in [0.25, 0.3) is 5.69 Å². The van der Waals surface area contributed by atoms with E-state index < -0.39 is 17.2 Å². The third-order valence-corrected chi connectivity index (χ3v) is 5.14. The fraction of sp³-hybridized carbons (Fsp3) is 0.375. The van der Waals surface area contributed by atoms with Crippen LogP contribution in [0.4, 0.5) is 30.9 Å². The van der Waals surface area contributed by atoms with E-state index >= 15 is 0 Å². The Balaban J connectivity index is 1.34. The molecule has 0 spiro atoms. The van der Waals surface area contributed by atoms with Gasteiger partial charge in [0.1, 0.15) is 23.6 Å². The molecule has 0 atom stereocenters. The summed E-state index contributed by atoms with van der Waals surface area (Å²) in [5.41, 5.74) is 2.47. The summed E-state index contributed by atoms with van der Waals surface area (Å²) in [4.78, 5) is 18.0. The number of nitrogens with zero attached hydrogens (tertiary/aromatic N) is 4. The van der Waals surface area contributed by atoms with Crippen LogP contribution >= 0.6 is 0 Å². The van der Waals surface area contributed by atoms with Gasteiger partial charge in [0.25, 0.3) is 0 Å². The zero-order valence-electron chi connectivity index (χ0n) is 19.6. The number of aromatic nitrogens is 3. The standard InChI is InChI=1S/C24H28F2N6O2/c1-15-5-19(27-11-16-12-31(13-16)23(33)34-24(2,3)4)10-20(6-15)29-22-28-14-32(30-22)21-8-17(25)7-18(26)9-21/h5-10,14,16,27H,11-13H2,1-4H3,(H,29,30). The largest absolute Gasteiger partial charge is 0.444 e. The Bertz CT molecular complexity index is 1160. The highest BCUT2D eigenvalue weighted by Crippen LogP contribution is 2.24. The van der Waals surface area contributed by atoms with Crippen molar-refractivity contribution in [1.82, 2.24) is 19.7 Å². The molecule has 180 valence electrons. The van der Waals surface area contributed by atoms with E-state index in [1.165, 1.54) is 23.1 Å². The second-order valence-corrected chi connectivity index (χ2v) is 9.49. The average Bonchev–Trinajstić information content (AvgIpc) is 3.12. The van der Waals surface area contributed by atoms with Crippen LogP contribution in [0.15, 0.2) is 42.7 Å². The first-order chi connectivity index (χ1) is 16.0. The van der Waals surface area contributed by atoms with E-state index in [2.05, 4.69) is 20.7 Å². The molecule has 0 bridgehead atoms. The minimum atomic E-state index is -0.685. The molecule has 10 heteroatoms. The molecule has 2 heterocycles. The summed E-state index contributed by atoms with van der Waals surface area (Å²) in [6.07, 6.45) is 1.11. The molecule has 1 aliphatic rings. The van der Waals surface area contributed by atoms with E-state index in [0.717, 1.165) is 29.5 Å². The fourth-order valence-corrected chi connectivity index (χ4v) is 3.64. The fourth-order valence-electron chi connectivity index (χ4n) is 3.64. The number of hydrogen-bond donors (Lipinski definition) is 2. The molecule has 3 aromatic rings. The molecule has 1 fully saturated rings. The summed E-state index contributed by atoms with van der Waals surface area (Å²) in [6.45, 7) is 9.57. The van der Waals surface area contributed by atoms with Crippen molar-refractivity contribution in [2.24, 2.45) is 5.92 Å². The van der Waals surface area contributed by atoms with Gasteiger partial charge in [-0.15, -0.1) is 5.10 Å². The minimum absolute atomic E-state index is 0.241. The highest BCUT2D eigenvalue weighted by molar-refractivity contribution is 5.69. The number of rotatable bonds is 6. The highest BCUT2D eigenvalue weighted by Gasteiger charge is 2.33. The normalized spacial score (nSPS) is 14.0. The number of hydrogen-bond acceptors (Lipinski definition) is 6. The van der Waals surface area contributed by atoms with Gasteiger partial charge in [0.2, 0.25) is 5.95 Å². The van der Waals surface area contributed by atoms with Gasteiger partial charge in [0.15, 0.2) is 0 Å². The van der Waals surface area contributed by atoms with E-state index in [9.17, 15) is 13.6 Å². The molecule has 0 saturated carbocycles. The zero-order chi connectivity index (χ0) is 24.5. The second kappa shape index (κ2) is 9.28. The van der Waals surface area contributed by atoms with E-state index in [-0.39, 0.29) is 11.8 Å². The molecule has 0 aliphatic carbocycles. The van der Waals surface area contributed by atoms with Gasteiger partial charge in [0, 0.05) is 43.0 Å². The van der Waals surface area contributed by atoms with Crippen molar-refractivity contribution in [2.75, 3.05) is 30.3 Å². The Labute approximate surface area is 196 Å². The summed E-state index contributed by atoms with van der Waals surface area (Å²) < 4.78 is 33.7. The predicted molar refractivity (Wildman–Crippen MR) is 126 cm³/mol. The topological polar surface area (TPSA) is 84.3 Å². The van der Waals surface area contributed by atoms with Crippen LogP contribution in [-0.4, -0.2) is 51.0 Å². The van der Waals surface area contributed by atoms with Crippen molar-refractivity contribution < 1.29 is 18.3 Å². The maximum Gasteiger partial charge on any atom is 0.410 e. The van der Waals surface area contributed by atoms with Gasteiger partial charge in [0.05, 0.1) is 5.69 Å². The van der Waals surface area contributed by atoms with Crippen LogP contribution in [0.1, 0.15) is 26.3 Å². The monoisotopic (exact) mass is 470 g/mol. The maximum absolute atomic E-state index is 13.5. The Hall–Kier alpha value is -3.69. The molecule has 8 nitrogen and oxygen atoms in total. The predicted octanol–water partition coefficient (Wildman–Crippen LogP) is 4.88. The van der Waals surface area contributed by atoms with Gasteiger partial charge < -0.3 is 20.3 Å². The summed E-state index contributed by atoms with van der Waals surface area (Å²) in [6, 6.07) is 9.07. The van der Waals surface area contributed by atoms with Crippen molar-refractivity contribution in [3.05, 3.63) is 59.9 Å². The third-order valence-electron chi connectivity index (χ3n) is 5.14. The SMILES string of the molecule is Cc1cc(NCC2CN(C(=O)OC(C)(C)C)C2)cc(Nc2ncn(-c3cc(F)cc(F)c3)n2)c1. The second-order valence-electron chi connectivity index (χ2n) is 9.49. The van der Waals surface area contributed by atoms with Gasteiger partial charge in [-0.05, 0) is 63.6 Å². The molecule has 4 rings (SSSR count). The highest BCUT2D eigenvalue weighted by atomic mass is 19.1. The van der Waals surface area contributed by atoms with Gasteiger partial charge >= 0.3 is 6.09 Å². The van der Waals surface area contributed by atoms with Gasteiger partial charge in [-0.1, -0.05) is 0 Å². The maximum atomic E-state index is 13.5. The number of benzene rings is 2. The third kappa shape index (κ3) is 6.00. The first-order valence-electron chi connectivity index (χ1n) is 11.0. The number of amides is 1. The number of halogens is 2. The van der Waals surface area contributed by atoms with Crippen LogP contribution in [0.2, 0.25) is 0 Å². The average molecular weight is 471 g/mol. The van der Waals surface area contributed by atoms with Crippen molar-refractivity contribution in [1.29, 1.82) is 0 Å². The molecule has 0 radical (unpaired) electrons. The van der Waals surface area contributed by atoms with Crippen LogP contribution in [0, 0.1) is 24.5 Å². The minimum Gasteiger partial charge on any atom is -0.444 e. The van der Waals surface area contributed by atoms with E-state index in [1.807, 2.05) is 45.9 Å². The Morgan fingerprint density at radius 2 is 1.76 bits per heavy atom. The molecule has 1 saturated heterocycles. The molecule has 1 aromatic heterocycles. The molecule has 2 N–H and O–H groups in total. The lowest BCUT2D eigenvalue weighted by Gasteiger charge is -2.40. The Morgan fingerprint density at radius 1 is 1.09 bits per heavy atom. The quantitative estimate of drug-likeness (QED) is 0.534. The van der Waals surface area contributed by atoms with Crippen LogP contribution in [0.3, 0.4) is 0 Å². The number of carbonyl (C=O) groups excluding carboxylic acids is 1. The van der Waals surface area contributed by atoms with Gasteiger partial charge in [-0.25, -0.2) is 18.3 Å². The lowest BCUT2D eigenvalue weighted by molar-refractivity contribution is 0.000845. The molecular formula is C24H28F2N6O2. The van der Waals surface area contributed by atoms with Gasteiger partial charge in [-0.2, -0.15) is 4.98 Å². The molecule has 1 aliphatic heterocycles. The summed E-state index contributed by atoms with van der Waals surface area (Å²) in [5.74, 6) is -0.730. The molecular weight excluding hydrogens is 442 g/mol. The number of likely N-dealkylation sites (tertiary alicyclic amines) is 1. The van der Waals surface area contributed by atoms with Crippen LogP contribution in [-0.2, 0) is 4.74 Å². The first kappa shape index (κ1) is 23.5. The summed E-state index contributed by atoms with van der Waals surface area (Å²) >= 11 is 0. The number of aryl methyl sites for hydroxylation is 1. The number of ether oxygens (including phenoxy) is 1. The van der Waals surface area contributed by atoms with E-state index in [1.54, 1.807) is 4.90 Å². The number of anilines is 3. The van der Waals surface area contributed by atoms with Crippen molar-refractivity contribution in [3.63, 3.8) is 0 Å². The molecule has 34 heavy (non-hydrogen) atoms. The summed E-state index contributed by atoms with van der Waals surface area (Å²) in [7, 11) is 0. The lowest BCUT2D eigenvalue weighted by Crippen LogP contribution is -2.53. The van der Waals surface area contributed by atoms with Crippen LogP contribution < -0.4 is 10.6 Å². The number of carbonyl (C=O) groups is 1. The Kier molecular flexibility index (Phi) is 6.41. The molecule has 0 unspecified atom stereocenters. The van der Waals surface area contributed by atoms with E-state index in [0.29, 0.717) is 25.0 Å². The zero-order valence-corrected chi connectivity index (χ0v) is 19.6. The first-order valence-corrected chi connectivity index (χ1v) is 11.0. The summed E-state index contributed by atoms with van der Waals surface area (Å²) in [5, 5.41) is 10.8. The lowest BCUT2D eigenvalue weighted by atomic mass is 10.0. The van der Waals surface area contributed by atoms with Crippen molar-refractivity contribution >= 4 is 23.4 Å². The van der Waals surface area contributed by atoms with Crippen molar-refractivity contribution in [3.8, 4) is 5.69 Å². The van der Waals surface area contributed by atoms with E-state index in [4.69, 9.17) is 4.74 Å². The number of nitrogens with one attached hydrogen (secondary N) is 2. The molecule has 1 amide bonds. The molecule has 2 aromatic carbocycles. The van der Waals surface area contributed by atoms with Crippen molar-refractivity contribution in [2.45, 2.75) is 33.3 Å². The van der Waals surface area contributed by atoms with Crippen LogP contribution in [0.5, 0.6) is 0 Å².